The molecule has 8 heteroatoms. The van der Waals surface area contributed by atoms with Crippen LogP contribution >= 0.6 is 0 Å². The minimum atomic E-state index is -0.960. The van der Waals surface area contributed by atoms with Crippen molar-refractivity contribution < 1.29 is 13.6 Å². The Morgan fingerprint density at radius 1 is 1.20 bits per heavy atom. The third kappa shape index (κ3) is 3.85. The molecule has 154 valence electrons. The molecule has 1 saturated carbocycles. The lowest BCUT2D eigenvalue weighted by molar-refractivity contribution is -0.107. The Kier molecular flexibility index (Phi) is 5.39. The van der Waals surface area contributed by atoms with Gasteiger partial charge in [0.2, 0.25) is 6.41 Å². The molecule has 2 aromatic heterocycles. The van der Waals surface area contributed by atoms with Gasteiger partial charge in [-0.25, -0.2) is 8.78 Å². The standard InChI is InChI=1S/C22H21F2N5O/c1-29(14-30)17-5-2-4-15(10-17)19-7-8-20(28-27-19)26-13-22(11-16(23)12-22)21-18(24)6-3-9-25-21/h2-10,14,16H,11-13H2,1H3,(H,26,28). The lowest BCUT2D eigenvalue weighted by atomic mass is 9.65. The first-order valence-electron chi connectivity index (χ1n) is 9.62. The molecule has 2 heterocycles. The molecule has 0 spiro atoms. The van der Waals surface area contributed by atoms with Crippen LogP contribution in [0.2, 0.25) is 0 Å². The second kappa shape index (κ2) is 8.14. The maximum absolute atomic E-state index is 14.2. The number of nitrogens with one attached hydrogen (secondary N) is 1. The van der Waals surface area contributed by atoms with E-state index in [0.29, 0.717) is 18.1 Å². The number of amides is 1. The van der Waals surface area contributed by atoms with E-state index in [1.165, 1.54) is 23.2 Å². The number of aromatic nitrogens is 3. The van der Waals surface area contributed by atoms with Gasteiger partial charge in [-0.1, -0.05) is 12.1 Å². The Balaban J connectivity index is 1.49. The Labute approximate surface area is 173 Å². The minimum Gasteiger partial charge on any atom is -0.368 e. The molecule has 30 heavy (non-hydrogen) atoms. The van der Waals surface area contributed by atoms with E-state index >= 15 is 0 Å². The van der Waals surface area contributed by atoms with Crippen molar-refractivity contribution >= 4 is 17.9 Å². The number of benzene rings is 1. The van der Waals surface area contributed by atoms with E-state index in [2.05, 4.69) is 20.5 Å². The fraction of sp³-hybridized carbons (Fsp3) is 0.273. The van der Waals surface area contributed by atoms with Gasteiger partial charge >= 0.3 is 0 Å². The smallest absolute Gasteiger partial charge is 0.213 e. The predicted octanol–water partition coefficient (Wildman–Crippen LogP) is 3.75. The zero-order valence-corrected chi connectivity index (χ0v) is 16.4. The van der Waals surface area contributed by atoms with Gasteiger partial charge in [0, 0.05) is 36.5 Å². The number of anilines is 2. The molecular weight excluding hydrogens is 388 g/mol. The van der Waals surface area contributed by atoms with Crippen molar-refractivity contribution in [3.05, 3.63) is 66.2 Å². The number of hydrogen-bond acceptors (Lipinski definition) is 5. The third-order valence-corrected chi connectivity index (χ3v) is 5.47. The first-order chi connectivity index (χ1) is 14.5. The van der Waals surface area contributed by atoms with Crippen molar-refractivity contribution in [2.75, 3.05) is 23.8 Å². The molecule has 6 nitrogen and oxygen atoms in total. The van der Waals surface area contributed by atoms with Crippen LogP contribution < -0.4 is 10.2 Å². The van der Waals surface area contributed by atoms with Gasteiger partial charge in [0.15, 0.2) is 0 Å². The zero-order valence-electron chi connectivity index (χ0n) is 16.4. The number of pyridine rings is 1. The highest BCUT2D eigenvalue weighted by atomic mass is 19.1. The van der Waals surface area contributed by atoms with Crippen LogP contribution in [0.25, 0.3) is 11.3 Å². The Bertz CT molecular complexity index is 1040. The molecule has 0 unspecified atom stereocenters. The molecule has 0 bridgehead atoms. The lowest BCUT2D eigenvalue weighted by Crippen LogP contribution is -2.49. The minimum absolute atomic E-state index is 0.219. The second-order valence-electron chi connectivity index (χ2n) is 7.54. The fourth-order valence-corrected chi connectivity index (χ4v) is 3.77. The second-order valence-corrected chi connectivity index (χ2v) is 7.54. The van der Waals surface area contributed by atoms with E-state index in [-0.39, 0.29) is 18.5 Å². The molecule has 0 aliphatic heterocycles. The molecule has 1 N–H and O–H groups in total. The van der Waals surface area contributed by atoms with Gasteiger partial charge in [0.1, 0.15) is 17.8 Å². The van der Waals surface area contributed by atoms with E-state index < -0.39 is 17.4 Å². The van der Waals surface area contributed by atoms with E-state index in [9.17, 15) is 13.6 Å². The van der Waals surface area contributed by atoms with Crippen LogP contribution in [0.15, 0.2) is 54.7 Å². The maximum atomic E-state index is 14.2. The van der Waals surface area contributed by atoms with Crippen LogP contribution in [0.5, 0.6) is 0 Å². The van der Waals surface area contributed by atoms with Gasteiger partial charge < -0.3 is 10.2 Å². The van der Waals surface area contributed by atoms with Crippen molar-refractivity contribution in [2.24, 2.45) is 0 Å². The van der Waals surface area contributed by atoms with Gasteiger partial charge in [0.05, 0.1) is 11.4 Å². The van der Waals surface area contributed by atoms with Crippen molar-refractivity contribution in [1.29, 1.82) is 0 Å². The maximum Gasteiger partial charge on any atom is 0.213 e. The normalized spacial score (nSPS) is 20.3. The summed E-state index contributed by atoms with van der Waals surface area (Å²) in [6.45, 7) is 0.314. The monoisotopic (exact) mass is 409 g/mol. The van der Waals surface area contributed by atoms with Crippen molar-refractivity contribution in [3.63, 3.8) is 0 Å². The van der Waals surface area contributed by atoms with Gasteiger partial charge in [0.25, 0.3) is 0 Å². The largest absolute Gasteiger partial charge is 0.368 e. The Hall–Kier alpha value is -3.42. The first-order valence-corrected chi connectivity index (χ1v) is 9.62. The summed E-state index contributed by atoms with van der Waals surface area (Å²) in [7, 11) is 1.67. The van der Waals surface area contributed by atoms with E-state index in [1.807, 2.05) is 30.3 Å². The summed E-state index contributed by atoms with van der Waals surface area (Å²) in [5.74, 6) is 0.0887. The molecule has 1 aromatic carbocycles. The fourth-order valence-electron chi connectivity index (χ4n) is 3.77. The SMILES string of the molecule is CN(C=O)c1cccc(-c2ccc(NCC3(c4ncccc4F)CC(F)C3)nn2)c1. The molecule has 1 aliphatic rings. The molecule has 1 aliphatic carbocycles. The van der Waals surface area contributed by atoms with Crippen LogP contribution in [0.1, 0.15) is 18.5 Å². The Morgan fingerprint density at radius 3 is 2.70 bits per heavy atom. The van der Waals surface area contributed by atoms with Crippen LogP contribution in [-0.4, -0.2) is 41.4 Å². The van der Waals surface area contributed by atoms with Gasteiger partial charge in [-0.05, 0) is 49.2 Å². The highest BCUT2D eigenvalue weighted by molar-refractivity contribution is 5.77. The number of alkyl halides is 1. The molecule has 0 radical (unpaired) electrons. The average Bonchev–Trinajstić information content (AvgIpc) is 2.76. The van der Waals surface area contributed by atoms with Gasteiger partial charge in [-0.15, -0.1) is 10.2 Å². The summed E-state index contributed by atoms with van der Waals surface area (Å²) in [6.07, 6.45) is 1.74. The summed E-state index contributed by atoms with van der Waals surface area (Å²) >= 11 is 0. The van der Waals surface area contributed by atoms with Crippen LogP contribution in [0.4, 0.5) is 20.3 Å². The summed E-state index contributed by atoms with van der Waals surface area (Å²) < 4.78 is 27.9. The van der Waals surface area contributed by atoms with Crippen molar-refractivity contribution in [1.82, 2.24) is 15.2 Å². The molecule has 0 saturated heterocycles. The number of rotatable bonds is 7. The van der Waals surface area contributed by atoms with Gasteiger partial charge in [-0.2, -0.15) is 0 Å². The molecular formula is C22H21F2N5O. The van der Waals surface area contributed by atoms with E-state index in [0.717, 1.165) is 17.7 Å². The van der Waals surface area contributed by atoms with Crippen LogP contribution in [0.3, 0.4) is 0 Å². The quantitative estimate of drug-likeness (QED) is 0.602. The van der Waals surface area contributed by atoms with E-state index in [1.54, 1.807) is 13.1 Å². The average molecular weight is 409 g/mol. The Morgan fingerprint density at radius 2 is 2.03 bits per heavy atom. The highest BCUT2D eigenvalue weighted by Gasteiger charge is 2.48. The van der Waals surface area contributed by atoms with Crippen LogP contribution in [0, 0.1) is 5.82 Å². The summed E-state index contributed by atoms with van der Waals surface area (Å²) in [6, 6.07) is 13.8. The van der Waals surface area contributed by atoms with Crippen LogP contribution in [-0.2, 0) is 10.2 Å². The number of carbonyl (C=O) groups is 1. The number of hydrogen-bond donors (Lipinski definition) is 1. The molecule has 4 rings (SSSR count). The summed E-state index contributed by atoms with van der Waals surface area (Å²) in [4.78, 5) is 16.6. The molecule has 3 aromatic rings. The predicted molar refractivity (Wildman–Crippen MR) is 110 cm³/mol. The zero-order chi connectivity index (χ0) is 21.1. The molecule has 1 amide bonds. The lowest BCUT2D eigenvalue weighted by Gasteiger charge is -2.44. The van der Waals surface area contributed by atoms with E-state index in [4.69, 9.17) is 0 Å². The molecule has 0 atom stereocenters. The molecule has 1 fully saturated rings. The van der Waals surface area contributed by atoms with Gasteiger partial charge in [-0.3, -0.25) is 9.78 Å². The van der Waals surface area contributed by atoms with Crippen molar-refractivity contribution in [3.8, 4) is 11.3 Å². The number of halogens is 2. The topological polar surface area (TPSA) is 71.0 Å². The van der Waals surface area contributed by atoms with Crippen molar-refractivity contribution in [2.45, 2.75) is 24.4 Å². The number of carbonyl (C=O) groups excluding carboxylic acids is 1. The summed E-state index contributed by atoms with van der Waals surface area (Å²) in [5.41, 5.74) is 1.81. The number of nitrogens with zero attached hydrogens (tertiary/aromatic N) is 4. The first kappa shape index (κ1) is 19.9. The highest BCUT2D eigenvalue weighted by Crippen LogP contribution is 2.45. The summed E-state index contributed by atoms with van der Waals surface area (Å²) in [5, 5.41) is 11.6. The third-order valence-electron chi connectivity index (χ3n) is 5.47.